The lowest BCUT2D eigenvalue weighted by Crippen LogP contribution is -2.45. The number of rotatable bonds is 6. The van der Waals surface area contributed by atoms with Gasteiger partial charge >= 0.3 is 17.6 Å². The number of nitrogens with zero attached hydrogens (tertiary/aromatic N) is 3. The zero-order chi connectivity index (χ0) is 21.8. The van der Waals surface area contributed by atoms with Crippen molar-refractivity contribution in [2.45, 2.75) is 58.3 Å². The molecule has 10 nitrogen and oxygen atoms in total. The van der Waals surface area contributed by atoms with Gasteiger partial charge < -0.3 is 14.2 Å². The second-order valence-electron chi connectivity index (χ2n) is 6.87. The average molecular weight is 417 g/mol. The predicted molar refractivity (Wildman–Crippen MR) is 104 cm³/mol. The van der Waals surface area contributed by atoms with Crippen LogP contribution in [0.3, 0.4) is 0 Å². The maximum atomic E-state index is 13.1. The van der Waals surface area contributed by atoms with E-state index in [1.165, 1.54) is 30.7 Å². The summed E-state index contributed by atoms with van der Waals surface area (Å²) < 4.78 is 18.8. The van der Waals surface area contributed by atoms with Gasteiger partial charge in [-0.05, 0) is 18.6 Å². The van der Waals surface area contributed by atoms with Crippen LogP contribution in [-0.4, -0.2) is 44.4 Å². The summed E-state index contributed by atoms with van der Waals surface area (Å²) in [5.74, 6) is -1.18. The van der Waals surface area contributed by atoms with Crippen molar-refractivity contribution in [1.82, 2.24) is 14.1 Å². The van der Waals surface area contributed by atoms with Crippen molar-refractivity contribution in [3.63, 3.8) is 0 Å². The molecule has 10 heteroatoms. The van der Waals surface area contributed by atoms with E-state index in [0.29, 0.717) is 12.1 Å². The van der Waals surface area contributed by atoms with E-state index in [1.807, 2.05) is 6.92 Å². The van der Waals surface area contributed by atoms with E-state index >= 15 is 0 Å². The van der Waals surface area contributed by atoms with Gasteiger partial charge in [0.1, 0.15) is 6.10 Å². The normalized spacial score (nSPS) is 23.2. The highest BCUT2D eigenvalue weighted by Crippen LogP contribution is 2.34. The van der Waals surface area contributed by atoms with Gasteiger partial charge in [0.15, 0.2) is 18.4 Å². The van der Waals surface area contributed by atoms with E-state index in [0.717, 1.165) is 4.57 Å². The van der Waals surface area contributed by atoms with Crippen LogP contribution in [0.25, 0.3) is 0 Å². The van der Waals surface area contributed by atoms with Gasteiger partial charge in [-0.15, -0.1) is 0 Å². The van der Waals surface area contributed by atoms with Crippen molar-refractivity contribution < 1.29 is 23.8 Å². The highest BCUT2D eigenvalue weighted by atomic mass is 16.6. The van der Waals surface area contributed by atoms with Gasteiger partial charge in [-0.2, -0.15) is 0 Å². The van der Waals surface area contributed by atoms with Crippen LogP contribution >= 0.6 is 0 Å². The molecule has 4 atom stereocenters. The molecule has 3 rings (SSSR count). The minimum Gasteiger partial charge on any atom is -0.456 e. The SMILES string of the molecule is CCC1OC(n2ccc(=O)n(Cc3ccccn3)c2=O)[C@@H](OC(C)=O)C1OC(C)=O. The Morgan fingerprint density at radius 1 is 1.10 bits per heavy atom. The summed E-state index contributed by atoms with van der Waals surface area (Å²) in [6.07, 6.45) is -0.288. The highest BCUT2D eigenvalue weighted by Gasteiger charge is 2.49. The molecule has 0 bridgehead atoms. The number of aromatic nitrogens is 3. The minimum atomic E-state index is -1.06. The van der Waals surface area contributed by atoms with E-state index in [4.69, 9.17) is 14.2 Å². The molecule has 1 fully saturated rings. The molecule has 160 valence electrons. The van der Waals surface area contributed by atoms with Crippen LogP contribution in [-0.2, 0) is 30.3 Å². The van der Waals surface area contributed by atoms with E-state index < -0.39 is 47.7 Å². The summed E-state index contributed by atoms with van der Waals surface area (Å²) in [4.78, 5) is 52.8. The van der Waals surface area contributed by atoms with Crippen molar-refractivity contribution in [3.8, 4) is 0 Å². The van der Waals surface area contributed by atoms with Crippen molar-refractivity contribution in [2.75, 3.05) is 0 Å². The number of ether oxygens (including phenoxy) is 3. The molecular weight excluding hydrogens is 394 g/mol. The molecule has 1 aliphatic rings. The number of hydrogen-bond acceptors (Lipinski definition) is 8. The lowest BCUT2D eigenvalue weighted by molar-refractivity contribution is -0.165. The van der Waals surface area contributed by atoms with E-state index in [-0.39, 0.29) is 6.54 Å². The number of carbonyl (C=O) groups excluding carboxylic acids is 2. The molecule has 0 N–H and O–H groups in total. The molecule has 0 saturated carbocycles. The van der Waals surface area contributed by atoms with E-state index in [1.54, 1.807) is 24.4 Å². The van der Waals surface area contributed by atoms with Crippen LogP contribution in [0.2, 0.25) is 0 Å². The first-order valence-corrected chi connectivity index (χ1v) is 9.53. The third-order valence-corrected chi connectivity index (χ3v) is 4.71. The van der Waals surface area contributed by atoms with Crippen molar-refractivity contribution in [1.29, 1.82) is 0 Å². The summed E-state index contributed by atoms with van der Waals surface area (Å²) >= 11 is 0. The Bertz CT molecular complexity index is 1030. The lowest BCUT2D eigenvalue weighted by atomic mass is 10.1. The molecule has 1 aliphatic heterocycles. The first-order chi connectivity index (χ1) is 14.3. The zero-order valence-corrected chi connectivity index (χ0v) is 16.9. The quantitative estimate of drug-likeness (QED) is 0.628. The molecule has 0 radical (unpaired) electrons. The van der Waals surface area contributed by atoms with Gasteiger partial charge in [0.2, 0.25) is 0 Å². The van der Waals surface area contributed by atoms with Crippen LogP contribution < -0.4 is 11.2 Å². The first-order valence-electron chi connectivity index (χ1n) is 9.53. The largest absolute Gasteiger partial charge is 0.456 e. The monoisotopic (exact) mass is 417 g/mol. The van der Waals surface area contributed by atoms with Crippen molar-refractivity contribution in [2.24, 2.45) is 0 Å². The molecule has 0 amide bonds. The van der Waals surface area contributed by atoms with Gasteiger partial charge in [0.05, 0.1) is 12.2 Å². The second kappa shape index (κ2) is 9.04. The van der Waals surface area contributed by atoms with Crippen molar-refractivity contribution in [3.05, 3.63) is 63.2 Å². The maximum Gasteiger partial charge on any atom is 0.333 e. The molecule has 3 unspecified atom stereocenters. The third-order valence-electron chi connectivity index (χ3n) is 4.71. The molecule has 3 heterocycles. The fourth-order valence-corrected chi connectivity index (χ4v) is 3.44. The number of carbonyl (C=O) groups is 2. The van der Waals surface area contributed by atoms with Crippen LogP contribution in [0.15, 0.2) is 46.2 Å². The summed E-state index contributed by atoms with van der Waals surface area (Å²) in [6, 6.07) is 6.40. The smallest absolute Gasteiger partial charge is 0.333 e. The Morgan fingerprint density at radius 3 is 2.40 bits per heavy atom. The standard InChI is InChI=1S/C20H23N3O7/c1-4-15-17(28-12(2)24)18(29-13(3)25)19(30-15)22-10-8-16(26)23(20(22)27)11-14-7-5-6-9-21-14/h5-10,15,17-19H,4,11H2,1-3H3/t15?,17?,18-,19?/m0/s1. The highest BCUT2D eigenvalue weighted by molar-refractivity contribution is 5.67. The summed E-state index contributed by atoms with van der Waals surface area (Å²) in [7, 11) is 0. The minimum absolute atomic E-state index is 0.0329. The summed E-state index contributed by atoms with van der Waals surface area (Å²) in [6.45, 7) is 4.24. The zero-order valence-electron chi connectivity index (χ0n) is 16.9. The number of pyridine rings is 1. The van der Waals surface area contributed by atoms with Gasteiger partial charge in [-0.25, -0.2) is 4.79 Å². The average Bonchev–Trinajstić information content (AvgIpc) is 3.02. The third kappa shape index (κ3) is 4.48. The van der Waals surface area contributed by atoms with Gasteiger partial charge in [0, 0.05) is 32.3 Å². The maximum absolute atomic E-state index is 13.1. The van der Waals surface area contributed by atoms with Gasteiger partial charge in [-0.1, -0.05) is 13.0 Å². The first kappa shape index (κ1) is 21.4. The van der Waals surface area contributed by atoms with Crippen LogP contribution in [0.1, 0.15) is 39.1 Å². The molecule has 0 aromatic carbocycles. The predicted octanol–water partition coefficient (Wildman–Crippen LogP) is 0.624. The van der Waals surface area contributed by atoms with E-state index in [9.17, 15) is 19.2 Å². The van der Waals surface area contributed by atoms with Gasteiger partial charge in [-0.3, -0.25) is 28.5 Å². The molecular formula is C20H23N3O7. The molecule has 1 saturated heterocycles. The lowest BCUT2D eigenvalue weighted by Gasteiger charge is -2.24. The fourth-order valence-electron chi connectivity index (χ4n) is 3.44. The van der Waals surface area contributed by atoms with E-state index in [2.05, 4.69) is 4.98 Å². The summed E-state index contributed by atoms with van der Waals surface area (Å²) in [5.41, 5.74) is -0.635. The Labute approximate surface area is 172 Å². The topological polar surface area (TPSA) is 119 Å². The molecule has 2 aromatic rings. The molecule has 2 aromatic heterocycles. The molecule has 30 heavy (non-hydrogen) atoms. The Hall–Kier alpha value is -3.27. The molecule has 0 aliphatic carbocycles. The Balaban J connectivity index is 2.03. The van der Waals surface area contributed by atoms with Crippen molar-refractivity contribution >= 4 is 11.9 Å². The molecule has 0 spiro atoms. The van der Waals surface area contributed by atoms with Gasteiger partial charge in [0.25, 0.3) is 5.56 Å². The number of hydrogen-bond donors (Lipinski definition) is 0. The Kier molecular flexibility index (Phi) is 6.46. The second-order valence-corrected chi connectivity index (χ2v) is 6.87. The van der Waals surface area contributed by atoms with Crippen LogP contribution in [0.5, 0.6) is 0 Å². The Morgan fingerprint density at radius 2 is 1.80 bits per heavy atom. The van der Waals surface area contributed by atoms with Crippen LogP contribution in [0, 0.1) is 0 Å². The fraction of sp³-hybridized carbons (Fsp3) is 0.450. The van der Waals surface area contributed by atoms with Crippen LogP contribution in [0.4, 0.5) is 0 Å². The number of esters is 2. The summed E-state index contributed by atoms with van der Waals surface area (Å²) in [5, 5.41) is 0.